The number of rotatable bonds is 44. The highest BCUT2D eigenvalue weighted by Gasteiger charge is 2.19. The molecule has 1 unspecified atom stereocenters. The minimum absolute atomic E-state index is 0.0836. The highest BCUT2D eigenvalue weighted by Crippen LogP contribution is 2.15. The molecule has 0 fully saturated rings. The Morgan fingerprint density at radius 1 is 0.357 bits per heavy atom. The fourth-order valence-electron chi connectivity index (χ4n) is 7.02. The highest BCUT2D eigenvalue weighted by atomic mass is 16.6. The van der Waals surface area contributed by atoms with Gasteiger partial charge in [-0.15, -0.1) is 0 Å². The van der Waals surface area contributed by atoms with Crippen molar-refractivity contribution in [2.45, 2.75) is 264 Å². The zero-order valence-corrected chi connectivity index (χ0v) is 37.4. The first-order chi connectivity index (χ1) is 27.5. The van der Waals surface area contributed by atoms with Gasteiger partial charge < -0.3 is 14.2 Å². The predicted molar refractivity (Wildman–Crippen MR) is 238 cm³/mol. The summed E-state index contributed by atoms with van der Waals surface area (Å²) in [6.07, 6.45) is 50.2. The quantitative estimate of drug-likeness (QED) is 0.0265. The van der Waals surface area contributed by atoms with Crippen molar-refractivity contribution in [3.63, 3.8) is 0 Å². The molecule has 328 valence electrons. The normalized spacial score (nSPS) is 12.1. The number of carbonyl (C=O) groups excluding carboxylic acids is 3. The molecule has 56 heavy (non-hydrogen) atoms. The predicted octanol–water partition coefficient (Wildman–Crippen LogP) is 15.6. The molecule has 0 aromatic heterocycles. The van der Waals surface area contributed by atoms with E-state index in [-0.39, 0.29) is 37.5 Å². The maximum absolute atomic E-state index is 12.7. The van der Waals surface area contributed by atoms with Gasteiger partial charge in [-0.1, -0.05) is 225 Å². The first kappa shape index (κ1) is 53.9. The van der Waals surface area contributed by atoms with E-state index in [0.717, 1.165) is 51.4 Å². The fourth-order valence-corrected chi connectivity index (χ4v) is 7.02. The molecule has 0 N–H and O–H groups in total. The molecule has 0 rings (SSSR count). The van der Waals surface area contributed by atoms with Gasteiger partial charge in [0.05, 0.1) is 0 Å². The van der Waals surface area contributed by atoms with Gasteiger partial charge in [0.25, 0.3) is 0 Å². The summed E-state index contributed by atoms with van der Waals surface area (Å²) in [5.74, 6) is -0.945. The van der Waals surface area contributed by atoms with Crippen LogP contribution in [-0.2, 0) is 28.6 Å². The SMILES string of the molecule is CCCCCCCC/C=C\C/C=C\CCC(=O)OCC(COC(=O)CCCCCCCCCCCCCC)OC(=O)CCCCCCCCCCCCCCC. The fraction of sp³-hybridized carbons (Fsp3) is 0.860. The van der Waals surface area contributed by atoms with E-state index < -0.39 is 6.10 Å². The van der Waals surface area contributed by atoms with Crippen LogP contribution in [0.5, 0.6) is 0 Å². The average Bonchev–Trinajstić information content (AvgIpc) is 3.19. The van der Waals surface area contributed by atoms with E-state index in [2.05, 4.69) is 39.0 Å². The van der Waals surface area contributed by atoms with Crippen LogP contribution in [0.15, 0.2) is 24.3 Å². The van der Waals surface area contributed by atoms with Gasteiger partial charge in [0, 0.05) is 19.3 Å². The summed E-state index contributed by atoms with van der Waals surface area (Å²) < 4.78 is 16.7. The van der Waals surface area contributed by atoms with Gasteiger partial charge in [-0.2, -0.15) is 0 Å². The topological polar surface area (TPSA) is 78.9 Å². The second kappa shape index (κ2) is 45.6. The smallest absolute Gasteiger partial charge is 0.306 e. The van der Waals surface area contributed by atoms with Crippen molar-refractivity contribution in [3.8, 4) is 0 Å². The molecule has 0 spiro atoms. The molecule has 0 aliphatic heterocycles. The van der Waals surface area contributed by atoms with Crippen molar-refractivity contribution in [1.29, 1.82) is 0 Å². The lowest BCUT2D eigenvalue weighted by Gasteiger charge is -2.18. The van der Waals surface area contributed by atoms with Crippen molar-refractivity contribution in [1.82, 2.24) is 0 Å². The van der Waals surface area contributed by atoms with E-state index in [9.17, 15) is 14.4 Å². The molecular formula is C50H92O6. The maximum Gasteiger partial charge on any atom is 0.306 e. The van der Waals surface area contributed by atoms with E-state index in [1.165, 1.54) is 161 Å². The molecule has 0 radical (unpaired) electrons. The molecule has 0 saturated heterocycles. The van der Waals surface area contributed by atoms with Gasteiger partial charge in [-0.05, 0) is 38.5 Å². The highest BCUT2D eigenvalue weighted by molar-refractivity contribution is 5.71. The van der Waals surface area contributed by atoms with E-state index in [0.29, 0.717) is 19.3 Å². The molecule has 0 heterocycles. The van der Waals surface area contributed by atoms with Crippen LogP contribution in [0.3, 0.4) is 0 Å². The third-order valence-electron chi connectivity index (χ3n) is 10.7. The number of hydrogen-bond donors (Lipinski definition) is 0. The standard InChI is InChI=1S/C50H92O6/c1-4-7-10-13-16-19-22-25-28-31-34-37-40-43-49(52)55-46-47(45-54-48(51)42-39-36-33-30-27-24-21-18-15-12-9-6-3)56-50(53)44-41-38-35-32-29-26-23-20-17-14-11-8-5-2/h25,28,34,37,47H,4-24,26-27,29-33,35-36,38-46H2,1-3H3/b28-25-,37-34-. The van der Waals surface area contributed by atoms with Crippen molar-refractivity contribution in [3.05, 3.63) is 24.3 Å². The van der Waals surface area contributed by atoms with Gasteiger partial charge in [-0.3, -0.25) is 14.4 Å². The van der Waals surface area contributed by atoms with Gasteiger partial charge in [-0.25, -0.2) is 0 Å². The minimum Gasteiger partial charge on any atom is -0.462 e. The van der Waals surface area contributed by atoms with Crippen LogP contribution in [0.25, 0.3) is 0 Å². The van der Waals surface area contributed by atoms with Crippen LogP contribution in [0.2, 0.25) is 0 Å². The van der Waals surface area contributed by atoms with Crippen LogP contribution < -0.4 is 0 Å². The first-order valence-corrected chi connectivity index (χ1v) is 24.3. The molecule has 0 saturated carbocycles. The summed E-state index contributed by atoms with van der Waals surface area (Å²) in [5, 5.41) is 0. The molecule has 0 aliphatic rings. The Labute approximate surface area is 347 Å². The van der Waals surface area contributed by atoms with Crippen molar-refractivity contribution < 1.29 is 28.6 Å². The second-order valence-electron chi connectivity index (χ2n) is 16.4. The first-order valence-electron chi connectivity index (χ1n) is 24.3. The average molecular weight is 789 g/mol. The zero-order chi connectivity index (χ0) is 40.8. The second-order valence-corrected chi connectivity index (χ2v) is 16.4. The van der Waals surface area contributed by atoms with Gasteiger partial charge in [0.15, 0.2) is 6.10 Å². The lowest BCUT2D eigenvalue weighted by atomic mass is 10.0. The lowest BCUT2D eigenvalue weighted by Crippen LogP contribution is -2.30. The van der Waals surface area contributed by atoms with Gasteiger partial charge in [0.1, 0.15) is 13.2 Å². The lowest BCUT2D eigenvalue weighted by molar-refractivity contribution is -0.166. The van der Waals surface area contributed by atoms with Crippen LogP contribution in [0.1, 0.15) is 258 Å². The summed E-state index contributed by atoms with van der Waals surface area (Å²) in [5.41, 5.74) is 0. The summed E-state index contributed by atoms with van der Waals surface area (Å²) in [4.78, 5) is 37.8. The number of ether oxygens (including phenoxy) is 3. The minimum atomic E-state index is -0.785. The largest absolute Gasteiger partial charge is 0.462 e. The molecule has 0 bridgehead atoms. The van der Waals surface area contributed by atoms with Gasteiger partial charge in [0.2, 0.25) is 0 Å². The number of unbranched alkanes of at least 4 members (excludes halogenated alkanes) is 29. The van der Waals surface area contributed by atoms with E-state index in [4.69, 9.17) is 14.2 Å². The Balaban J connectivity index is 4.41. The molecule has 0 aliphatic carbocycles. The third-order valence-corrected chi connectivity index (χ3v) is 10.7. The summed E-state index contributed by atoms with van der Waals surface area (Å²) in [6.45, 7) is 6.59. The molecule has 0 amide bonds. The van der Waals surface area contributed by atoms with Gasteiger partial charge >= 0.3 is 17.9 Å². The van der Waals surface area contributed by atoms with Crippen molar-refractivity contribution in [2.24, 2.45) is 0 Å². The van der Waals surface area contributed by atoms with E-state index in [1.54, 1.807) is 0 Å². The monoisotopic (exact) mass is 789 g/mol. The Morgan fingerprint density at radius 2 is 0.679 bits per heavy atom. The number of esters is 3. The Morgan fingerprint density at radius 3 is 1.09 bits per heavy atom. The molecular weight excluding hydrogens is 697 g/mol. The van der Waals surface area contributed by atoms with Crippen LogP contribution in [0.4, 0.5) is 0 Å². The Kier molecular flexibility index (Phi) is 43.9. The van der Waals surface area contributed by atoms with Crippen molar-refractivity contribution >= 4 is 17.9 Å². The summed E-state index contributed by atoms with van der Waals surface area (Å²) >= 11 is 0. The van der Waals surface area contributed by atoms with Crippen LogP contribution in [0, 0.1) is 0 Å². The number of allylic oxidation sites excluding steroid dienone is 4. The maximum atomic E-state index is 12.7. The Hall–Kier alpha value is -2.11. The van der Waals surface area contributed by atoms with Crippen molar-refractivity contribution in [2.75, 3.05) is 13.2 Å². The molecule has 0 aromatic carbocycles. The molecule has 6 heteroatoms. The summed E-state index contributed by atoms with van der Waals surface area (Å²) in [7, 11) is 0. The number of carbonyl (C=O) groups is 3. The van der Waals surface area contributed by atoms with Crippen LogP contribution >= 0.6 is 0 Å². The molecule has 6 nitrogen and oxygen atoms in total. The molecule has 0 aromatic rings. The molecule has 1 atom stereocenters. The van der Waals surface area contributed by atoms with E-state index in [1.807, 2.05) is 6.08 Å². The van der Waals surface area contributed by atoms with Crippen LogP contribution in [-0.4, -0.2) is 37.2 Å². The zero-order valence-electron chi connectivity index (χ0n) is 37.4. The number of hydrogen-bond acceptors (Lipinski definition) is 6. The van der Waals surface area contributed by atoms with E-state index >= 15 is 0 Å². The third kappa shape index (κ3) is 43.0. The Bertz CT molecular complexity index is 911. The summed E-state index contributed by atoms with van der Waals surface area (Å²) in [6, 6.07) is 0.